The summed E-state index contributed by atoms with van der Waals surface area (Å²) in [6.07, 6.45) is 0. The molecule has 5 heteroatoms. The van der Waals surface area contributed by atoms with E-state index >= 15 is 0 Å². The second-order valence-electron chi connectivity index (χ2n) is 3.54. The van der Waals surface area contributed by atoms with Crippen molar-refractivity contribution in [3.8, 4) is 11.5 Å². The minimum Gasteiger partial charge on any atom is -0.504 e. The Labute approximate surface area is 102 Å². The number of nitrogens with two attached hydrogens (primary N) is 1. The molecule has 1 atom stereocenters. The van der Waals surface area contributed by atoms with Crippen LogP contribution in [0.4, 0.5) is 4.39 Å². The molecule has 0 saturated carbocycles. The minimum absolute atomic E-state index is 0.0898. The fourth-order valence-electron chi connectivity index (χ4n) is 1.61. The van der Waals surface area contributed by atoms with Crippen LogP contribution in [0.15, 0.2) is 29.6 Å². The molecule has 0 unspecified atom stereocenters. The second-order valence-corrected chi connectivity index (χ2v) is 4.52. The fourth-order valence-corrected chi connectivity index (χ4v) is 2.35. The quantitative estimate of drug-likeness (QED) is 0.884. The molecule has 1 aromatic heterocycles. The Morgan fingerprint density at radius 1 is 1.47 bits per heavy atom. The molecule has 0 saturated heterocycles. The van der Waals surface area contributed by atoms with Gasteiger partial charge in [0.2, 0.25) is 0 Å². The number of thiophene rings is 1. The number of hydrogen-bond donors (Lipinski definition) is 2. The maximum absolute atomic E-state index is 13.4. The number of rotatable bonds is 3. The van der Waals surface area contributed by atoms with E-state index in [0.29, 0.717) is 5.56 Å². The summed E-state index contributed by atoms with van der Waals surface area (Å²) in [5, 5.41) is 11.8. The smallest absolute Gasteiger partial charge is 0.163 e. The molecule has 0 spiro atoms. The third-order valence-electron chi connectivity index (χ3n) is 2.47. The number of ether oxygens (including phenoxy) is 1. The van der Waals surface area contributed by atoms with E-state index in [1.807, 2.05) is 17.5 Å². The van der Waals surface area contributed by atoms with Crippen LogP contribution in [0, 0.1) is 5.82 Å². The number of phenols is 1. The SMILES string of the molecule is COc1cc(F)cc([C@@H](N)c2cccs2)c1O. The average Bonchev–Trinajstić information content (AvgIpc) is 2.84. The van der Waals surface area contributed by atoms with Crippen molar-refractivity contribution in [2.24, 2.45) is 5.73 Å². The molecule has 3 N–H and O–H groups in total. The zero-order chi connectivity index (χ0) is 12.4. The molecule has 0 amide bonds. The van der Waals surface area contributed by atoms with Crippen LogP contribution in [-0.4, -0.2) is 12.2 Å². The number of benzene rings is 1. The highest BCUT2D eigenvalue weighted by molar-refractivity contribution is 7.10. The Hall–Kier alpha value is -1.59. The van der Waals surface area contributed by atoms with Crippen molar-refractivity contribution in [2.75, 3.05) is 7.11 Å². The highest BCUT2D eigenvalue weighted by Gasteiger charge is 2.18. The van der Waals surface area contributed by atoms with Crippen LogP contribution in [0.25, 0.3) is 0 Å². The number of hydrogen-bond acceptors (Lipinski definition) is 4. The van der Waals surface area contributed by atoms with E-state index in [4.69, 9.17) is 10.5 Å². The summed E-state index contributed by atoms with van der Waals surface area (Å²) in [5.41, 5.74) is 6.31. The predicted molar refractivity (Wildman–Crippen MR) is 65.0 cm³/mol. The average molecular weight is 253 g/mol. The molecule has 17 heavy (non-hydrogen) atoms. The van der Waals surface area contributed by atoms with E-state index in [0.717, 1.165) is 10.9 Å². The summed E-state index contributed by atoms with van der Waals surface area (Å²) < 4.78 is 18.2. The van der Waals surface area contributed by atoms with E-state index in [-0.39, 0.29) is 11.5 Å². The lowest BCUT2D eigenvalue weighted by molar-refractivity contribution is 0.366. The standard InChI is InChI=1S/C12H12FNO2S/c1-16-9-6-7(13)5-8(12(9)15)11(14)10-3-2-4-17-10/h2-6,11,15H,14H2,1H3/t11-/m1/s1. The van der Waals surface area contributed by atoms with Crippen molar-refractivity contribution in [1.82, 2.24) is 0 Å². The molecule has 0 radical (unpaired) electrons. The molecule has 2 aromatic rings. The highest BCUT2D eigenvalue weighted by Crippen LogP contribution is 2.37. The molecule has 3 nitrogen and oxygen atoms in total. The first-order valence-electron chi connectivity index (χ1n) is 4.99. The van der Waals surface area contributed by atoms with Gasteiger partial charge in [-0.25, -0.2) is 4.39 Å². The minimum atomic E-state index is -0.556. The molecule has 0 aliphatic heterocycles. The summed E-state index contributed by atoms with van der Waals surface area (Å²) >= 11 is 1.45. The van der Waals surface area contributed by atoms with Gasteiger partial charge in [-0.2, -0.15) is 0 Å². The molecular formula is C12H12FNO2S. The van der Waals surface area contributed by atoms with Gasteiger partial charge >= 0.3 is 0 Å². The normalized spacial score (nSPS) is 12.4. The van der Waals surface area contributed by atoms with Crippen molar-refractivity contribution >= 4 is 11.3 Å². The molecule has 1 heterocycles. The summed E-state index contributed by atoms with van der Waals surface area (Å²) in [7, 11) is 1.37. The second kappa shape index (κ2) is 4.73. The Bertz CT molecular complexity index is 513. The van der Waals surface area contributed by atoms with Gasteiger partial charge in [0.1, 0.15) is 5.82 Å². The zero-order valence-electron chi connectivity index (χ0n) is 9.18. The van der Waals surface area contributed by atoms with Crippen LogP contribution in [0.1, 0.15) is 16.5 Å². The predicted octanol–water partition coefficient (Wildman–Crippen LogP) is 2.65. The summed E-state index contributed by atoms with van der Waals surface area (Å²) in [6, 6.07) is 5.49. The van der Waals surface area contributed by atoms with Crippen LogP contribution in [-0.2, 0) is 0 Å². The van der Waals surface area contributed by atoms with E-state index < -0.39 is 11.9 Å². The van der Waals surface area contributed by atoms with E-state index in [1.54, 1.807) is 0 Å². The van der Waals surface area contributed by atoms with Crippen molar-refractivity contribution in [3.05, 3.63) is 45.9 Å². The van der Waals surface area contributed by atoms with Crippen LogP contribution in [0.3, 0.4) is 0 Å². The van der Waals surface area contributed by atoms with Gasteiger partial charge < -0.3 is 15.6 Å². The number of aromatic hydroxyl groups is 1. The van der Waals surface area contributed by atoms with Gasteiger partial charge in [0.15, 0.2) is 11.5 Å². The summed E-state index contributed by atoms with van der Waals surface area (Å²) in [6.45, 7) is 0. The van der Waals surface area contributed by atoms with Gasteiger partial charge in [0, 0.05) is 16.5 Å². The van der Waals surface area contributed by atoms with E-state index in [1.165, 1.54) is 24.5 Å². The van der Waals surface area contributed by atoms with Crippen molar-refractivity contribution in [3.63, 3.8) is 0 Å². The molecule has 0 fully saturated rings. The topological polar surface area (TPSA) is 55.5 Å². The molecule has 1 aromatic carbocycles. The lowest BCUT2D eigenvalue weighted by Crippen LogP contribution is -2.11. The third-order valence-corrected chi connectivity index (χ3v) is 3.43. The van der Waals surface area contributed by atoms with Gasteiger partial charge in [-0.15, -0.1) is 11.3 Å². The Balaban J connectivity index is 2.48. The maximum Gasteiger partial charge on any atom is 0.163 e. The van der Waals surface area contributed by atoms with E-state index in [2.05, 4.69) is 0 Å². The van der Waals surface area contributed by atoms with Gasteiger partial charge in [-0.3, -0.25) is 0 Å². The van der Waals surface area contributed by atoms with E-state index in [9.17, 15) is 9.50 Å². The first-order chi connectivity index (χ1) is 8.13. The molecule has 2 rings (SSSR count). The molecule has 90 valence electrons. The largest absolute Gasteiger partial charge is 0.504 e. The van der Waals surface area contributed by atoms with Crippen molar-refractivity contribution < 1.29 is 14.2 Å². The zero-order valence-corrected chi connectivity index (χ0v) is 10.00. The van der Waals surface area contributed by atoms with Gasteiger partial charge in [-0.05, 0) is 17.5 Å². The van der Waals surface area contributed by atoms with Crippen LogP contribution in [0.5, 0.6) is 11.5 Å². The Kier molecular flexibility index (Phi) is 3.31. The number of methoxy groups -OCH3 is 1. The van der Waals surface area contributed by atoms with Crippen LogP contribution in [0.2, 0.25) is 0 Å². The summed E-state index contributed by atoms with van der Waals surface area (Å²) in [4.78, 5) is 0.855. The molecule has 0 aliphatic carbocycles. The van der Waals surface area contributed by atoms with Crippen molar-refractivity contribution in [1.29, 1.82) is 0 Å². The first kappa shape index (κ1) is 11.9. The summed E-state index contributed by atoms with van der Waals surface area (Å²) in [5.74, 6) is -0.511. The maximum atomic E-state index is 13.4. The lowest BCUT2D eigenvalue weighted by Gasteiger charge is -2.14. The highest BCUT2D eigenvalue weighted by atomic mass is 32.1. The van der Waals surface area contributed by atoms with Gasteiger partial charge in [0.05, 0.1) is 13.2 Å². The van der Waals surface area contributed by atoms with Gasteiger partial charge in [0.25, 0.3) is 0 Å². The molecular weight excluding hydrogens is 241 g/mol. The Morgan fingerprint density at radius 2 is 2.24 bits per heavy atom. The third kappa shape index (κ3) is 2.25. The first-order valence-corrected chi connectivity index (χ1v) is 5.87. The Morgan fingerprint density at radius 3 is 2.82 bits per heavy atom. The lowest BCUT2D eigenvalue weighted by atomic mass is 10.0. The molecule has 0 bridgehead atoms. The monoisotopic (exact) mass is 253 g/mol. The van der Waals surface area contributed by atoms with Crippen molar-refractivity contribution in [2.45, 2.75) is 6.04 Å². The fraction of sp³-hybridized carbons (Fsp3) is 0.167. The van der Waals surface area contributed by atoms with Crippen LogP contribution >= 0.6 is 11.3 Å². The number of phenolic OH excluding ortho intramolecular Hbond substituents is 1. The van der Waals surface area contributed by atoms with Crippen LogP contribution < -0.4 is 10.5 Å². The van der Waals surface area contributed by atoms with Gasteiger partial charge in [-0.1, -0.05) is 6.07 Å². The number of halogens is 1. The molecule has 0 aliphatic rings.